The summed E-state index contributed by atoms with van der Waals surface area (Å²) in [5, 5.41) is 4.26. The predicted octanol–water partition coefficient (Wildman–Crippen LogP) is 2.37. The van der Waals surface area contributed by atoms with Crippen molar-refractivity contribution in [1.82, 2.24) is 14.1 Å². The van der Waals surface area contributed by atoms with Crippen LogP contribution in [0.25, 0.3) is 5.69 Å². The first-order valence-corrected chi connectivity index (χ1v) is 9.92. The summed E-state index contributed by atoms with van der Waals surface area (Å²) < 4.78 is 51.7. The van der Waals surface area contributed by atoms with Crippen molar-refractivity contribution < 1.29 is 27.1 Å². The highest BCUT2D eigenvalue weighted by Crippen LogP contribution is 2.39. The molecule has 3 aromatic rings. The maximum atomic E-state index is 13.4. The van der Waals surface area contributed by atoms with E-state index in [0.717, 1.165) is 4.31 Å². The third-order valence-corrected chi connectivity index (χ3v) is 6.30. The van der Waals surface area contributed by atoms with Crippen LogP contribution >= 0.6 is 0 Å². The molecule has 0 saturated heterocycles. The van der Waals surface area contributed by atoms with Crippen molar-refractivity contribution in [3.8, 4) is 17.2 Å². The Kier molecular flexibility index (Phi) is 4.50. The molecular weight excluding hydrogens is 401 g/mol. The molecule has 0 saturated carbocycles. The summed E-state index contributed by atoms with van der Waals surface area (Å²) in [5.41, 5.74) is 0.815. The Balaban J connectivity index is 1.67. The smallest absolute Gasteiger partial charge is 0.269 e. The normalized spacial score (nSPS) is 14.7. The lowest BCUT2D eigenvalue weighted by molar-refractivity contribution is 0.0863. The van der Waals surface area contributed by atoms with Gasteiger partial charge in [0.15, 0.2) is 11.5 Å². The zero-order chi connectivity index (χ0) is 20.8. The average Bonchev–Trinajstić information content (AvgIpc) is 3.25. The van der Waals surface area contributed by atoms with E-state index < -0.39 is 21.7 Å². The average molecular weight is 417 g/mol. The largest absolute Gasteiger partial charge is 0.493 e. The summed E-state index contributed by atoms with van der Waals surface area (Å²) in [4.78, 5) is 12.6. The van der Waals surface area contributed by atoms with E-state index in [2.05, 4.69) is 5.10 Å². The van der Waals surface area contributed by atoms with Gasteiger partial charge < -0.3 is 9.47 Å². The summed E-state index contributed by atoms with van der Waals surface area (Å²) in [7, 11) is -1.30. The van der Waals surface area contributed by atoms with Crippen molar-refractivity contribution in [1.29, 1.82) is 0 Å². The Hall–Kier alpha value is -3.40. The maximum Gasteiger partial charge on any atom is 0.269 e. The van der Waals surface area contributed by atoms with Crippen molar-refractivity contribution in [3.63, 3.8) is 0 Å². The second kappa shape index (κ2) is 6.89. The van der Waals surface area contributed by atoms with Crippen LogP contribution in [-0.2, 0) is 16.6 Å². The number of fused-ring (bicyclic) bond motifs is 1. The minimum absolute atomic E-state index is 0.00668. The first-order chi connectivity index (χ1) is 13.8. The minimum Gasteiger partial charge on any atom is -0.493 e. The number of amides is 1. The fourth-order valence-electron chi connectivity index (χ4n) is 3.12. The van der Waals surface area contributed by atoms with E-state index in [0.29, 0.717) is 11.4 Å². The van der Waals surface area contributed by atoms with Gasteiger partial charge in [0.1, 0.15) is 10.7 Å². The van der Waals surface area contributed by atoms with Crippen LogP contribution in [0.15, 0.2) is 53.6 Å². The van der Waals surface area contributed by atoms with Crippen LogP contribution in [0, 0.1) is 5.82 Å². The summed E-state index contributed by atoms with van der Waals surface area (Å²) in [5.74, 6) is -0.636. The van der Waals surface area contributed by atoms with Crippen LogP contribution in [0.3, 0.4) is 0 Å². The molecule has 0 atom stereocenters. The molecule has 10 heteroatoms. The van der Waals surface area contributed by atoms with Gasteiger partial charge in [-0.2, -0.15) is 5.10 Å². The van der Waals surface area contributed by atoms with Crippen LogP contribution < -0.4 is 9.47 Å². The van der Waals surface area contributed by atoms with E-state index >= 15 is 0 Å². The minimum atomic E-state index is -4.07. The molecular formula is C19H16FN3O5S. The molecule has 0 bridgehead atoms. The van der Waals surface area contributed by atoms with Crippen molar-refractivity contribution in [2.75, 3.05) is 14.2 Å². The molecule has 8 nitrogen and oxygen atoms in total. The van der Waals surface area contributed by atoms with E-state index in [9.17, 15) is 17.6 Å². The van der Waals surface area contributed by atoms with Gasteiger partial charge in [0.25, 0.3) is 15.9 Å². The number of hydrogen-bond acceptors (Lipinski definition) is 6. The molecule has 1 aliphatic rings. The van der Waals surface area contributed by atoms with Gasteiger partial charge in [-0.25, -0.2) is 21.8 Å². The summed E-state index contributed by atoms with van der Waals surface area (Å²) in [6, 6.07) is 9.99. The quantitative estimate of drug-likeness (QED) is 0.633. The zero-order valence-corrected chi connectivity index (χ0v) is 16.3. The second-order valence-corrected chi connectivity index (χ2v) is 8.08. The van der Waals surface area contributed by atoms with Gasteiger partial charge >= 0.3 is 0 Å². The van der Waals surface area contributed by atoms with Gasteiger partial charge in [-0.1, -0.05) is 6.07 Å². The van der Waals surface area contributed by atoms with Crippen LogP contribution in [-0.4, -0.2) is 42.6 Å². The van der Waals surface area contributed by atoms with Gasteiger partial charge in [-0.05, 0) is 30.3 Å². The molecule has 1 aliphatic heterocycles. The third kappa shape index (κ3) is 3.11. The fraction of sp³-hybridized carbons (Fsp3) is 0.158. The van der Waals surface area contributed by atoms with Crippen LogP contribution in [0.5, 0.6) is 11.5 Å². The molecule has 0 unspecified atom stereocenters. The topological polar surface area (TPSA) is 90.7 Å². The number of aromatic nitrogens is 2. The molecule has 0 fully saturated rings. The van der Waals surface area contributed by atoms with Crippen LogP contribution in [0.1, 0.15) is 16.1 Å². The molecule has 1 amide bonds. The molecule has 2 aromatic carbocycles. The Labute approximate surface area is 166 Å². The lowest BCUT2D eigenvalue weighted by Crippen LogP contribution is -2.29. The van der Waals surface area contributed by atoms with Gasteiger partial charge in [0, 0.05) is 12.3 Å². The van der Waals surface area contributed by atoms with Gasteiger partial charge in [0.05, 0.1) is 37.7 Å². The highest BCUT2D eigenvalue weighted by Gasteiger charge is 2.42. The number of ether oxygens (including phenoxy) is 2. The van der Waals surface area contributed by atoms with Crippen LogP contribution in [0.2, 0.25) is 0 Å². The summed E-state index contributed by atoms with van der Waals surface area (Å²) in [6.45, 7) is -0.261. The lowest BCUT2D eigenvalue weighted by Gasteiger charge is -2.13. The standard InChI is InChI=1S/C19H16FN3O5S/c1-27-16-9-15-18(10-17(16)28-2)29(25,26)23(19(15)24)11-13-6-7-22(21-13)14-5-3-4-12(20)8-14/h3-10H,11H2,1-2H3. The van der Waals surface area contributed by atoms with E-state index in [1.54, 1.807) is 18.3 Å². The second-order valence-electron chi connectivity index (χ2n) is 6.25. The molecule has 0 radical (unpaired) electrons. The fourth-order valence-corrected chi connectivity index (χ4v) is 4.65. The van der Waals surface area contributed by atoms with Gasteiger partial charge in [-0.15, -0.1) is 0 Å². The number of carbonyl (C=O) groups is 1. The van der Waals surface area contributed by atoms with Crippen molar-refractivity contribution >= 4 is 15.9 Å². The Morgan fingerprint density at radius 1 is 1.07 bits per heavy atom. The maximum absolute atomic E-state index is 13.4. The number of hydrogen-bond donors (Lipinski definition) is 0. The summed E-state index contributed by atoms with van der Waals surface area (Å²) in [6.07, 6.45) is 1.57. The van der Waals surface area contributed by atoms with E-state index in [4.69, 9.17) is 9.47 Å². The molecule has 4 rings (SSSR count). The van der Waals surface area contributed by atoms with E-state index in [1.807, 2.05) is 0 Å². The van der Waals surface area contributed by atoms with Gasteiger partial charge in [-0.3, -0.25) is 4.79 Å². The molecule has 0 aliphatic carbocycles. The number of sulfonamides is 1. The number of carbonyl (C=O) groups excluding carboxylic acids is 1. The Bertz CT molecular complexity index is 1220. The number of halogens is 1. The van der Waals surface area contributed by atoms with E-state index in [-0.39, 0.29) is 28.5 Å². The molecule has 0 N–H and O–H groups in total. The zero-order valence-electron chi connectivity index (χ0n) is 15.5. The monoisotopic (exact) mass is 417 g/mol. The van der Waals surface area contributed by atoms with Gasteiger partial charge in [0.2, 0.25) is 0 Å². The number of methoxy groups -OCH3 is 2. The van der Waals surface area contributed by atoms with E-state index in [1.165, 1.54) is 49.2 Å². The predicted molar refractivity (Wildman–Crippen MR) is 100 cm³/mol. The number of rotatable bonds is 5. The Morgan fingerprint density at radius 3 is 2.48 bits per heavy atom. The Morgan fingerprint density at radius 2 is 1.79 bits per heavy atom. The molecule has 1 aromatic heterocycles. The van der Waals surface area contributed by atoms with Crippen molar-refractivity contribution in [3.05, 3.63) is 65.7 Å². The first-order valence-electron chi connectivity index (χ1n) is 8.48. The number of nitrogens with zero attached hydrogens (tertiary/aromatic N) is 3. The third-order valence-electron chi connectivity index (χ3n) is 4.53. The molecule has 0 spiro atoms. The highest BCUT2D eigenvalue weighted by atomic mass is 32.2. The van der Waals surface area contributed by atoms with Crippen molar-refractivity contribution in [2.24, 2.45) is 0 Å². The first kappa shape index (κ1) is 18.9. The SMILES string of the molecule is COc1cc2c(cc1OC)S(=O)(=O)N(Cc1ccn(-c3cccc(F)c3)n1)C2=O. The van der Waals surface area contributed by atoms with Crippen LogP contribution in [0.4, 0.5) is 4.39 Å². The highest BCUT2D eigenvalue weighted by molar-refractivity contribution is 7.90. The summed E-state index contributed by atoms with van der Waals surface area (Å²) >= 11 is 0. The molecule has 150 valence electrons. The lowest BCUT2D eigenvalue weighted by atomic mass is 10.2. The molecule has 29 heavy (non-hydrogen) atoms. The van der Waals surface area contributed by atoms with Crippen molar-refractivity contribution in [2.45, 2.75) is 11.4 Å². The molecule has 2 heterocycles. The number of benzene rings is 2.